The molecule has 1 aliphatic heterocycles. The lowest BCUT2D eigenvalue weighted by molar-refractivity contribution is 0.0636. The summed E-state index contributed by atoms with van der Waals surface area (Å²) in [5, 5.41) is 0. The van der Waals surface area contributed by atoms with Gasteiger partial charge in [0.1, 0.15) is 5.75 Å². The third kappa shape index (κ3) is 2.82. The molecule has 0 saturated carbocycles. The van der Waals surface area contributed by atoms with Crippen LogP contribution in [0.15, 0.2) is 53.4 Å². The molecule has 24 heavy (non-hydrogen) atoms. The summed E-state index contributed by atoms with van der Waals surface area (Å²) in [5.41, 5.74) is -1.39. The molecule has 0 aliphatic carbocycles. The molecule has 1 aliphatic rings. The van der Waals surface area contributed by atoms with E-state index in [0.717, 1.165) is 4.90 Å². The summed E-state index contributed by atoms with van der Waals surface area (Å²) in [5.74, 6) is -0.568. The first kappa shape index (κ1) is 16.3. The van der Waals surface area contributed by atoms with Crippen LogP contribution >= 0.6 is 0 Å². The summed E-state index contributed by atoms with van der Waals surface area (Å²) in [6.07, 6.45) is 0. The van der Waals surface area contributed by atoms with E-state index in [1.807, 2.05) is 0 Å². The van der Waals surface area contributed by atoms with Crippen LogP contribution in [0.3, 0.4) is 0 Å². The monoisotopic (exact) mass is 347 g/mol. The Labute approximate surface area is 140 Å². The molecule has 2 unspecified atom stereocenters. The molecule has 2 aromatic rings. The average Bonchev–Trinajstić information content (AvgIpc) is 2.86. The minimum atomic E-state index is -2.00. The molecule has 0 aromatic heterocycles. The van der Waals surface area contributed by atoms with Gasteiger partial charge in [0, 0.05) is 4.90 Å². The van der Waals surface area contributed by atoms with Gasteiger partial charge in [-0.2, -0.15) is 0 Å². The number of carbonyl (C=O) groups is 2. The Bertz CT molecular complexity index is 787. The minimum Gasteiger partial charge on any atom is -0.497 e. The molecule has 3 rings (SSSR count). The number of methoxy groups -OCH3 is 1. The van der Waals surface area contributed by atoms with E-state index < -0.39 is 34.7 Å². The summed E-state index contributed by atoms with van der Waals surface area (Å²) in [6, 6.07) is 12.4. The second-order valence-corrected chi connectivity index (χ2v) is 6.73. The summed E-state index contributed by atoms with van der Waals surface area (Å²) in [4.78, 5) is 25.5. The van der Waals surface area contributed by atoms with Gasteiger partial charge in [-0.15, -0.1) is 0 Å². The van der Waals surface area contributed by atoms with Gasteiger partial charge in [0.05, 0.1) is 35.6 Å². The van der Waals surface area contributed by atoms with E-state index in [-0.39, 0.29) is 16.0 Å². The zero-order chi connectivity index (χ0) is 17.3. The third-order valence-corrected chi connectivity index (χ3v) is 5.08. The predicted molar refractivity (Wildman–Crippen MR) is 86.1 cm³/mol. The number of rotatable bonds is 5. The molecule has 0 radical (unpaired) electrons. The first-order chi connectivity index (χ1) is 11.5. The van der Waals surface area contributed by atoms with Gasteiger partial charge in [-0.3, -0.25) is 18.7 Å². The molecule has 2 amide bonds. The van der Waals surface area contributed by atoms with Crippen LogP contribution in [0.25, 0.3) is 0 Å². The standard InChI is InChI=1S/C17H14FNO4S/c1-23-11-6-8-12(9-7-11)24(22)15(18)10-19-16(20)13-4-2-3-5-14(13)17(19)21/h2-9,15H,10H2,1H3. The van der Waals surface area contributed by atoms with Crippen molar-refractivity contribution in [1.29, 1.82) is 0 Å². The van der Waals surface area contributed by atoms with Crippen LogP contribution in [-0.4, -0.2) is 40.1 Å². The molecule has 7 heteroatoms. The number of carbonyl (C=O) groups excluding carboxylic acids is 2. The SMILES string of the molecule is COc1ccc(S(=O)C(F)CN2C(=O)c3ccccc3C2=O)cc1. The normalized spacial score (nSPS) is 16.0. The molecule has 2 atom stereocenters. The van der Waals surface area contributed by atoms with Gasteiger partial charge >= 0.3 is 0 Å². The number of alkyl halides is 1. The van der Waals surface area contributed by atoms with E-state index in [0.29, 0.717) is 5.75 Å². The van der Waals surface area contributed by atoms with Crippen molar-refractivity contribution in [2.45, 2.75) is 10.4 Å². The number of hydrogen-bond acceptors (Lipinski definition) is 4. The van der Waals surface area contributed by atoms with Crippen molar-refractivity contribution < 1.29 is 22.9 Å². The molecule has 0 spiro atoms. The Morgan fingerprint density at radius 2 is 1.58 bits per heavy atom. The van der Waals surface area contributed by atoms with Crippen molar-refractivity contribution in [3.8, 4) is 5.75 Å². The van der Waals surface area contributed by atoms with Crippen LogP contribution < -0.4 is 4.74 Å². The molecule has 5 nitrogen and oxygen atoms in total. The van der Waals surface area contributed by atoms with E-state index in [9.17, 15) is 18.2 Å². The lowest BCUT2D eigenvalue weighted by Gasteiger charge is -2.16. The summed E-state index contributed by atoms with van der Waals surface area (Å²) in [7, 11) is -0.506. The fourth-order valence-corrected chi connectivity index (χ4v) is 3.46. The van der Waals surface area contributed by atoms with Crippen molar-refractivity contribution in [2.75, 3.05) is 13.7 Å². The summed E-state index contributed by atoms with van der Waals surface area (Å²) >= 11 is 0. The van der Waals surface area contributed by atoms with Crippen LogP contribution in [0, 0.1) is 0 Å². The number of ether oxygens (including phenoxy) is 1. The Morgan fingerprint density at radius 3 is 2.08 bits per heavy atom. The Hall–Kier alpha value is -2.54. The van der Waals surface area contributed by atoms with Gasteiger partial charge < -0.3 is 4.74 Å². The van der Waals surface area contributed by atoms with E-state index >= 15 is 0 Å². The fraction of sp³-hybridized carbons (Fsp3) is 0.176. The van der Waals surface area contributed by atoms with Gasteiger partial charge in [-0.05, 0) is 36.4 Å². The number of hydrogen-bond donors (Lipinski definition) is 0. The number of fused-ring (bicyclic) bond motifs is 1. The highest BCUT2D eigenvalue weighted by Gasteiger charge is 2.37. The molecule has 0 N–H and O–H groups in total. The maximum atomic E-state index is 14.4. The Morgan fingerprint density at radius 1 is 1.04 bits per heavy atom. The van der Waals surface area contributed by atoms with Crippen molar-refractivity contribution in [3.63, 3.8) is 0 Å². The van der Waals surface area contributed by atoms with Crippen LogP contribution in [0.2, 0.25) is 0 Å². The molecule has 2 aromatic carbocycles. The van der Waals surface area contributed by atoms with Gasteiger partial charge in [-0.1, -0.05) is 12.1 Å². The van der Waals surface area contributed by atoms with Crippen LogP contribution in [-0.2, 0) is 10.8 Å². The number of benzene rings is 2. The van der Waals surface area contributed by atoms with E-state index in [2.05, 4.69) is 0 Å². The van der Waals surface area contributed by atoms with Gasteiger partial charge in [0.15, 0.2) is 5.50 Å². The molecular formula is C17H14FNO4S. The fourth-order valence-electron chi connectivity index (χ4n) is 2.47. The van der Waals surface area contributed by atoms with Crippen molar-refractivity contribution in [1.82, 2.24) is 4.90 Å². The maximum absolute atomic E-state index is 14.4. The molecule has 1 heterocycles. The third-order valence-electron chi connectivity index (χ3n) is 3.73. The molecule has 0 fully saturated rings. The molecule has 124 valence electrons. The molecular weight excluding hydrogens is 333 g/mol. The highest BCUT2D eigenvalue weighted by atomic mass is 32.2. The largest absolute Gasteiger partial charge is 0.497 e. The quantitative estimate of drug-likeness (QED) is 0.779. The van der Waals surface area contributed by atoms with Crippen molar-refractivity contribution in [2.24, 2.45) is 0 Å². The number of halogens is 1. The summed E-state index contributed by atoms with van der Waals surface area (Å²) in [6.45, 7) is -0.551. The van der Waals surface area contributed by atoms with Gasteiger partial charge in [-0.25, -0.2) is 4.39 Å². The van der Waals surface area contributed by atoms with E-state index in [1.54, 1.807) is 24.3 Å². The van der Waals surface area contributed by atoms with Crippen molar-refractivity contribution in [3.05, 3.63) is 59.7 Å². The lowest BCUT2D eigenvalue weighted by Crippen LogP contribution is -2.36. The zero-order valence-electron chi connectivity index (χ0n) is 12.8. The first-order valence-corrected chi connectivity index (χ1v) is 8.38. The Balaban J connectivity index is 1.75. The number of imide groups is 1. The number of amides is 2. The first-order valence-electron chi connectivity index (χ1n) is 7.17. The van der Waals surface area contributed by atoms with E-state index in [1.165, 1.54) is 31.4 Å². The minimum absolute atomic E-state index is 0.241. The van der Waals surface area contributed by atoms with E-state index in [4.69, 9.17) is 4.74 Å². The predicted octanol–water partition coefficient (Wildman–Crippen LogP) is 2.39. The maximum Gasteiger partial charge on any atom is 0.261 e. The van der Waals surface area contributed by atoms with Gasteiger partial charge in [0.2, 0.25) is 0 Å². The second-order valence-electron chi connectivity index (χ2n) is 5.15. The Kier molecular flexibility index (Phi) is 4.44. The van der Waals surface area contributed by atoms with Crippen LogP contribution in [0.5, 0.6) is 5.75 Å². The highest BCUT2D eigenvalue weighted by molar-refractivity contribution is 7.85. The van der Waals surface area contributed by atoms with Gasteiger partial charge in [0.25, 0.3) is 11.8 Å². The molecule has 0 bridgehead atoms. The van der Waals surface area contributed by atoms with Crippen molar-refractivity contribution >= 4 is 22.6 Å². The van der Waals surface area contributed by atoms with Crippen LogP contribution in [0.4, 0.5) is 4.39 Å². The highest BCUT2D eigenvalue weighted by Crippen LogP contribution is 2.24. The van der Waals surface area contributed by atoms with Crippen LogP contribution in [0.1, 0.15) is 20.7 Å². The zero-order valence-corrected chi connectivity index (χ0v) is 13.6. The average molecular weight is 347 g/mol. The lowest BCUT2D eigenvalue weighted by atomic mass is 10.1. The second kappa shape index (κ2) is 6.52. The topological polar surface area (TPSA) is 63.7 Å². The smallest absolute Gasteiger partial charge is 0.261 e. The number of nitrogens with zero attached hydrogens (tertiary/aromatic N) is 1. The summed E-state index contributed by atoms with van der Waals surface area (Å²) < 4.78 is 31.7. The molecule has 0 saturated heterocycles.